The molecule has 1 fully saturated rings. The molecule has 136 valence electrons. The van der Waals surface area contributed by atoms with Gasteiger partial charge in [0.1, 0.15) is 11.6 Å². The van der Waals surface area contributed by atoms with Crippen molar-refractivity contribution in [3.8, 4) is 0 Å². The fourth-order valence-electron chi connectivity index (χ4n) is 3.24. The second-order valence-electron chi connectivity index (χ2n) is 6.43. The molecule has 1 heterocycles. The number of hydrogen-bond donors (Lipinski definition) is 0. The van der Waals surface area contributed by atoms with Gasteiger partial charge in [0.2, 0.25) is 0 Å². The van der Waals surface area contributed by atoms with Crippen molar-refractivity contribution in [1.82, 2.24) is 4.90 Å². The quantitative estimate of drug-likeness (QED) is 0.789. The van der Waals surface area contributed by atoms with Gasteiger partial charge >= 0.3 is 0 Å². The minimum Gasteiger partial charge on any atom is -0.366 e. The van der Waals surface area contributed by atoms with E-state index in [0.29, 0.717) is 37.4 Å². The first-order valence-electron chi connectivity index (χ1n) is 8.48. The molecule has 26 heavy (non-hydrogen) atoms. The molecule has 0 radical (unpaired) electrons. The maximum absolute atomic E-state index is 14.4. The van der Waals surface area contributed by atoms with Gasteiger partial charge in [-0.3, -0.25) is 9.59 Å². The first kappa shape index (κ1) is 18.0. The topological polar surface area (TPSA) is 40.6 Å². The number of anilines is 1. The Kier molecular flexibility index (Phi) is 5.02. The van der Waals surface area contributed by atoms with Crippen LogP contribution in [-0.2, 0) is 0 Å². The summed E-state index contributed by atoms with van der Waals surface area (Å²) < 4.78 is 28.2. The van der Waals surface area contributed by atoms with Crippen LogP contribution in [0.4, 0.5) is 14.5 Å². The van der Waals surface area contributed by atoms with Crippen molar-refractivity contribution in [2.24, 2.45) is 0 Å². The number of aryl methyl sites for hydroxylation is 1. The van der Waals surface area contributed by atoms with Crippen molar-refractivity contribution in [2.45, 2.75) is 13.8 Å². The number of nitrogens with zero attached hydrogens (tertiary/aromatic N) is 2. The fraction of sp³-hybridized carbons (Fsp3) is 0.300. The van der Waals surface area contributed by atoms with Crippen LogP contribution in [0.5, 0.6) is 0 Å². The van der Waals surface area contributed by atoms with Crippen molar-refractivity contribution in [3.63, 3.8) is 0 Å². The molecule has 0 aromatic heterocycles. The molecule has 0 atom stereocenters. The molecule has 0 unspecified atom stereocenters. The highest BCUT2D eigenvalue weighted by Gasteiger charge is 2.25. The monoisotopic (exact) mass is 358 g/mol. The average Bonchev–Trinajstić information content (AvgIpc) is 2.63. The fourth-order valence-corrected chi connectivity index (χ4v) is 3.24. The lowest BCUT2D eigenvalue weighted by Gasteiger charge is -2.36. The second-order valence-corrected chi connectivity index (χ2v) is 6.43. The number of halogens is 2. The Hall–Kier alpha value is -2.76. The summed E-state index contributed by atoms with van der Waals surface area (Å²) in [6.07, 6.45) is 0. The van der Waals surface area contributed by atoms with Gasteiger partial charge in [-0.05, 0) is 43.7 Å². The number of benzene rings is 2. The maximum Gasteiger partial charge on any atom is 0.256 e. The van der Waals surface area contributed by atoms with Crippen LogP contribution in [0.25, 0.3) is 0 Å². The molecule has 0 bridgehead atoms. The molecule has 4 nitrogen and oxygen atoms in total. The van der Waals surface area contributed by atoms with Crippen LogP contribution in [0.1, 0.15) is 33.2 Å². The lowest BCUT2D eigenvalue weighted by atomic mass is 10.0. The molecule has 1 aliphatic heterocycles. The van der Waals surface area contributed by atoms with Crippen molar-refractivity contribution in [1.29, 1.82) is 0 Å². The summed E-state index contributed by atoms with van der Waals surface area (Å²) in [5.74, 6) is -1.52. The summed E-state index contributed by atoms with van der Waals surface area (Å²) in [5, 5.41) is 0. The SMILES string of the molecule is CC(=O)c1cc(F)c(N2CCN(C(=O)c3ccccc3F)CC2)cc1C. The number of Topliss-reactive ketones (excluding diaryl/α,β-unsaturated/α-hetero) is 1. The summed E-state index contributed by atoms with van der Waals surface area (Å²) >= 11 is 0. The van der Waals surface area contributed by atoms with Gasteiger partial charge < -0.3 is 9.80 Å². The molecule has 3 rings (SSSR count). The highest BCUT2D eigenvalue weighted by Crippen LogP contribution is 2.25. The summed E-state index contributed by atoms with van der Waals surface area (Å²) in [6.45, 7) is 4.82. The number of hydrogen-bond acceptors (Lipinski definition) is 3. The molecule has 6 heteroatoms. The van der Waals surface area contributed by atoms with E-state index in [0.717, 1.165) is 5.56 Å². The Morgan fingerprint density at radius 3 is 2.19 bits per heavy atom. The molecule has 0 saturated carbocycles. The molecular weight excluding hydrogens is 338 g/mol. The van der Waals surface area contributed by atoms with Gasteiger partial charge in [0, 0.05) is 31.7 Å². The van der Waals surface area contributed by atoms with Gasteiger partial charge in [-0.1, -0.05) is 12.1 Å². The van der Waals surface area contributed by atoms with E-state index in [1.54, 1.807) is 30.0 Å². The summed E-state index contributed by atoms with van der Waals surface area (Å²) in [7, 11) is 0. The third kappa shape index (κ3) is 3.45. The van der Waals surface area contributed by atoms with E-state index in [4.69, 9.17) is 0 Å². The molecule has 1 amide bonds. The van der Waals surface area contributed by atoms with E-state index < -0.39 is 11.6 Å². The van der Waals surface area contributed by atoms with Crippen molar-refractivity contribution in [3.05, 3.63) is 64.7 Å². The van der Waals surface area contributed by atoms with Crippen LogP contribution in [0, 0.1) is 18.6 Å². The van der Waals surface area contributed by atoms with Crippen molar-refractivity contribution in [2.75, 3.05) is 31.1 Å². The predicted octanol–water partition coefficient (Wildman–Crippen LogP) is 3.44. The van der Waals surface area contributed by atoms with Crippen LogP contribution in [-0.4, -0.2) is 42.8 Å². The maximum atomic E-state index is 14.4. The number of amides is 1. The number of carbonyl (C=O) groups excluding carboxylic acids is 2. The highest BCUT2D eigenvalue weighted by molar-refractivity contribution is 5.96. The van der Waals surface area contributed by atoms with E-state index in [-0.39, 0.29) is 17.3 Å². The highest BCUT2D eigenvalue weighted by atomic mass is 19.1. The zero-order valence-corrected chi connectivity index (χ0v) is 14.8. The van der Waals surface area contributed by atoms with Crippen LogP contribution >= 0.6 is 0 Å². The number of ketones is 1. The Labute approximate surface area is 151 Å². The van der Waals surface area contributed by atoms with Crippen LogP contribution in [0.15, 0.2) is 36.4 Å². The van der Waals surface area contributed by atoms with Gasteiger partial charge in [0.15, 0.2) is 5.78 Å². The Morgan fingerprint density at radius 2 is 1.58 bits per heavy atom. The third-order valence-electron chi connectivity index (χ3n) is 4.68. The Morgan fingerprint density at radius 1 is 0.923 bits per heavy atom. The first-order valence-corrected chi connectivity index (χ1v) is 8.48. The van der Waals surface area contributed by atoms with Crippen molar-refractivity contribution < 1.29 is 18.4 Å². The molecular formula is C20H20F2N2O2. The van der Waals surface area contributed by atoms with Crippen LogP contribution < -0.4 is 4.90 Å². The Balaban J connectivity index is 1.73. The standard InChI is InChI=1S/C20H20F2N2O2/c1-13-11-19(18(22)12-16(13)14(2)25)23-7-9-24(10-8-23)20(26)15-5-3-4-6-17(15)21/h3-6,11-12H,7-10H2,1-2H3. The Bertz CT molecular complexity index is 859. The molecule has 0 spiro atoms. The molecule has 1 saturated heterocycles. The van der Waals surface area contributed by atoms with E-state index in [1.807, 2.05) is 4.90 Å². The number of piperazine rings is 1. The van der Waals surface area contributed by atoms with E-state index in [1.165, 1.54) is 25.1 Å². The predicted molar refractivity (Wildman–Crippen MR) is 95.7 cm³/mol. The normalized spacial score (nSPS) is 14.5. The molecule has 2 aromatic rings. The zero-order valence-electron chi connectivity index (χ0n) is 14.8. The average molecular weight is 358 g/mol. The van der Waals surface area contributed by atoms with Crippen molar-refractivity contribution >= 4 is 17.4 Å². The summed E-state index contributed by atoms with van der Waals surface area (Å²) in [5.41, 5.74) is 1.57. The molecule has 1 aliphatic rings. The second kappa shape index (κ2) is 7.23. The van der Waals surface area contributed by atoms with E-state index >= 15 is 0 Å². The largest absolute Gasteiger partial charge is 0.366 e. The number of carbonyl (C=O) groups is 2. The lowest BCUT2D eigenvalue weighted by Crippen LogP contribution is -2.49. The summed E-state index contributed by atoms with van der Waals surface area (Å²) in [4.78, 5) is 27.4. The van der Waals surface area contributed by atoms with Gasteiger partial charge in [0.25, 0.3) is 5.91 Å². The van der Waals surface area contributed by atoms with Gasteiger partial charge in [-0.2, -0.15) is 0 Å². The molecule has 0 aliphatic carbocycles. The minimum atomic E-state index is -0.540. The minimum absolute atomic E-state index is 0.0498. The lowest BCUT2D eigenvalue weighted by molar-refractivity contribution is 0.0741. The molecule has 2 aromatic carbocycles. The molecule has 0 N–H and O–H groups in total. The first-order chi connectivity index (χ1) is 12.4. The van der Waals surface area contributed by atoms with Gasteiger partial charge in [-0.15, -0.1) is 0 Å². The van der Waals surface area contributed by atoms with Crippen LogP contribution in [0.2, 0.25) is 0 Å². The van der Waals surface area contributed by atoms with Gasteiger partial charge in [0.05, 0.1) is 11.3 Å². The van der Waals surface area contributed by atoms with E-state index in [9.17, 15) is 18.4 Å². The van der Waals surface area contributed by atoms with Gasteiger partial charge in [-0.25, -0.2) is 8.78 Å². The third-order valence-corrected chi connectivity index (χ3v) is 4.68. The summed E-state index contributed by atoms with van der Waals surface area (Å²) in [6, 6.07) is 8.83. The van der Waals surface area contributed by atoms with E-state index in [2.05, 4.69) is 0 Å². The zero-order chi connectivity index (χ0) is 18.8. The van der Waals surface area contributed by atoms with Crippen LogP contribution in [0.3, 0.4) is 0 Å². The number of rotatable bonds is 3. The smallest absolute Gasteiger partial charge is 0.256 e.